The summed E-state index contributed by atoms with van der Waals surface area (Å²) in [7, 11) is 0. The molecule has 0 unspecified atom stereocenters. The summed E-state index contributed by atoms with van der Waals surface area (Å²) < 4.78 is 7.38. The minimum atomic E-state index is -0.0218. The Morgan fingerprint density at radius 3 is 1.62 bits per heavy atom. The van der Waals surface area contributed by atoms with E-state index in [1.807, 2.05) is 0 Å². The Morgan fingerprint density at radius 2 is 1.05 bits per heavy atom. The summed E-state index contributed by atoms with van der Waals surface area (Å²) in [6.07, 6.45) is 2.33. The predicted molar refractivity (Wildman–Crippen MR) is 251 cm³/mol. The summed E-state index contributed by atoms with van der Waals surface area (Å²) in [6.45, 7) is 35.1. The lowest BCUT2D eigenvalue weighted by Crippen LogP contribution is -2.61. The molecule has 0 spiro atoms. The van der Waals surface area contributed by atoms with E-state index in [1.54, 1.807) is 0 Å². The molecule has 6 aromatic rings. The Morgan fingerprint density at radius 1 is 0.534 bits per heavy atom. The van der Waals surface area contributed by atoms with E-state index in [1.165, 1.54) is 89.9 Å². The van der Waals surface area contributed by atoms with Crippen molar-refractivity contribution >= 4 is 68.4 Å². The number of anilines is 6. The van der Waals surface area contributed by atoms with Crippen molar-refractivity contribution in [2.24, 2.45) is 0 Å². The highest BCUT2D eigenvalue weighted by atomic mass is 16.4. The van der Waals surface area contributed by atoms with Gasteiger partial charge in [0.05, 0.1) is 0 Å². The van der Waals surface area contributed by atoms with Gasteiger partial charge in [-0.3, -0.25) is 4.90 Å². The highest BCUT2D eigenvalue weighted by Crippen LogP contribution is 2.51. The van der Waals surface area contributed by atoms with Crippen molar-refractivity contribution in [2.75, 3.05) is 9.80 Å². The van der Waals surface area contributed by atoms with Gasteiger partial charge in [0, 0.05) is 39.3 Å². The topological polar surface area (TPSA) is 19.6 Å². The van der Waals surface area contributed by atoms with Crippen LogP contribution in [0.4, 0.5) is 34.3 Å². The summed E-state index contributed by atoms with van der Waals surface area (Å²) in [6, 6.07) is 33.5. The predicted octanol–water partition coefficient (Wildman–Crippen LogP) is 13.4. The number of rotatable bonds is 2. The molecule has 3 aliphatic rings. The van der Waals surface area contributed by atoms with Gasteiger partial charge in [-0.2, -0.15) is 0 Å². The minimum absolute atomic E-state index is 0.0209. The number of hydrogen-bond donors (Lipinski definition) is 0. The lowest BCUT2D eigenvalue weighted by Gasteiger charge is -2.44. The fraction of sp³-hybridized carbons (Fsp3) is 0.407. The maximum absolute atomic E-state index is 7.38. The van der Waals surface area contributed by atoms with Crippen LogP contribution >= 0.6 is 0 Å². The molecule has 0 atom stereocenters. The van der Waals surface area contributed by atoms with E-state index < -0.39 is 0 Å². The molecular formula is C54H63BN2O. The maximum Gasteiger partial charge on any atom is 0.257 e. The third-order valence-corrected chi connectivity index (χ3v) is 14.0. The molecule has 298 valence electrons. The van der Waals surface area contributed by atoms with Crippen molar-refractivity contribution in [3.05, 3.63) is 124 Å². The van der Waals surface area contributed by atoms with Crippen molar-refractivity contribution in [3.8, 4) is 0 Å². The molecule has 1 aromatic heterocycles. The normalized spacial score (nSPS) is 16.9. The molecule has 5 aromatic carbocycles. The maximum atomic E-state index is 7.38. The van der Waals surface area contributed by atoms with Crippen LogP contribution in [0.5, 0.6) is 0 Å². The monoisotopic (exact) mass is 767 g/mol. The van der Waals surface area contributed by atoms with E-state index in [0.29, 0.717) is 0 Å². The number of nitrogens with zero attached hydrogens (tertiary/aromatic N) is 2. The Kier molecular flexibility index (Phi) is 8.31. The smallest absolute Gasteiger partial charge is 0.257 e. The summed E-state index contributed by atoms with van der Waals surface area (Å²) in [5.41, 5.74) is 20.6. The van der Waals surface area contributed by atoms with E-state index in [0.717, 1.165) is 23.6 Å². The second-order valence-corrected chi connectivity index (χ2v) is 22.4. The molecule has 3 heterocycles. The highest BCUT2D eigenvalue weighted by Gasteiger charge is 2.48. The molecule has 0 saturated heterocycles. The van der Waals surface area contributed by atoms with E-state index in [4.69, 9.17) is 4.42 Å². The fourth-order valence-corrected chi connectivity index (χ4v) is 10.2. The Bertz CT molecular complexity index is 2650. The first-order valence-corrected chi connectivity index (χ1v) is 21.7. The first-order valence-electron chi connectivity index (χ1n) is 21.7. The van der Waals surface area contributed by atoms with Gasteiger partial charge in [-0.05, 0) is 152 Å². The SMILES string of the molecule is Cc1cc2c3c(c1)N(c1ccc(C(C)(C)C)cc1)c1oc4cc5c(cc4c1B3c1cc(C(C)(C)C)ccc1N2c1ccc(C(C)(C)C)cc1C)C(C)(C)CCC5(C)C. The molecule has 0 fully saturated rings. The summed E-state index contributed by atoms with van der Waals surface area (Å²) >= 11 is 0. The van der Waals surface area contributed by atoms with Crippen LogP contribution in [-0.2, 0) is 27.1 Å². The molecule has 58 heavy (non-hydrogen) atoms. The Labute approximate surface area is 348 Å². The molecule has 2 aliphatic heterocycles. The number of fused-ring (bicyclic) bond motifs is 7. The van der Waals surface area contributed by atoms with Crippen LogP contribution in [0.15, 0.2) is 89.3 Å². The van der Waals surface area contributed by atoms with Crippen molar-refractivity contribution < 1.29 is 4.42 Å². The Hall–Kier alpha value is -4.70. The second-order valence-electron chi connectivity index (χ2n) is 22.4. The van der Waals surface area contributed by atoms with Crippen LogP contribution < -0.4 is 26.2 Å². The van der Waals surface area contributed by atoms with Gasteiger partial charge in [-0.1, -0.05) is 126 Å². The second kappa shape index (κ2) is 12.4. The van der Waals surface area contributed by atoms with Crippen molar-refractivity contribution in [3.63, 3.8) is 0 Å². The van der Waals surface area contributed by atoms with Crippen LogP contribution in [0.1, 0.15) is 142 Å². The molecule has 0 bridgehead atoms. The highest BCUT2D eigenvalue weighted by molar-refractivity contribution is 7.01. The lowest BCUT2D eigenvalue weighted by molar-refractivity contribution is 0.332. The molecule has 0 radical (unpaired) electrons. The van der Waals surface area contributed by atoms with Gasteiger partial charge < -0.3 is 9.32 Å². The number of aryl methyl sites for hydroxylation is 2. The summed E-state index contributed by atoms with van der Waals surface area (Å²) in [5.74, 6) is 0.941. The third-order valence-electron chi connectivity index (χ3n) is 14.0. The van der Waals surface area contributed by atoms with Crippen LogP contribution in [-0.4, -0.2) is 6.71 Å². The first-order chi connectivity index (χ1) is 27.0. The lowest BCUT2D eigenvalue weighted by atomic mass is 9.33. The van der Waals surface area contributed by atoms with Crippen LogP contribution in [0, 0.1) is 13.8 Å². The van der Waals surface area contributed by atoms with Crippen molar-refractivity contribution in [1.82, 2.24) is 0 Å². The number of furan rings is 1. The zero-order chi connectivity index (χ0) is 41.6. The quantitative estimate of drug-likeness (QED) is 0.163. The Balaban J connectivity index is 1.41. The average Bonchev–Trinajstić information content (AvgIpc) is 3.50. The van der Waals surface area contributed by atoms with E-state index >= 15 is 0 Å². The largest absolute Gasteiger partial charge is 0.440 e. The molecule has 3 nitrogen and oxygen atoms in total. The van der Waals surface area contributed by atoms with Gasteiger partial charge in [-0.15, -0.1) is 0 Å². The summed E-state index contributed by atoms with van der Waals surface area (Å²) in [4.78, 5) is 5.03. The molecule has 0 saturated carbocycles. The van der Waals surface area contributed by atoms with E-state index in [9.17, 15) is 0 Å². The standard InChI is InChI=1S/C54H63BN2O/c1-32-26-44-48-45(27-32)57(42-22-18-35(28-33(42)2)51(6,7)8)43-23-19-36(52(9,10)11)29-41(43)55(48)47-38-30-39-40(54(14,15)25-24-53(39,12)13)31-46(38)58-49(47)56(44)37-20-16-34(17-21-37)50(3,4)5/h16-23,26-31H,24-25H2,1-15H3. The number of hydrogen-bond acceptors (Lipinski definition) is 3. The van der Waals surface area contributed by atoms with Crippen molar-refractivity contribution in [1.29, 1.82) is 0 Å². The third kappa shape index (κ3) is 5.90. The van der Waals surface area contributed by atoms with Gasteiger partial charge in [0.15, 0.2) is 0 Å². The van der Waals surface area contributed by atoms with Gasteiger partial charge in [0.2, 0.25) is 5.88 Å². The van der Waals surface area contributed by atoms with E-state index in [-0.39, 0.29) is 33.8 Å². The fourth-order valence-electron chi connectivity index (χ4n) is 10.2. The van der Waals surface area contributed by atoms with Gasteiger partial charge in [-0.25, -0.2) is 0 Å². The van der Waals surface area contributed by atoms with Crippen LogP contribution in [0.2, 0.25) is 0 Å². The first kappa shape index (κ1) is 38.8. The number of benzene rings is 5. The zero-order valence-corrected chi connectivity index (χ0v) is 37.9. The molecule has 4 heteroatoms. The van der Waals surface area contributed by atoms with Gasteiger partial charge in [0.1, 0.15) is 5.58 Å². The molecule has 9 rings (SSSR count). The average molecular weight is 767 g/mol. The van der Waals surface area contributed by atoms with Gasteiger partial charge >= 0.3 is 0 Å². The minimum Gasteiger partial charge on any atom is -0.440 e. The van der Waals surface area contributed by atoms with Crippen molar-refractivity contribution in [2.45, 2.75) is 144 Å². The molecular weight excluding hydrogens is 703 g/mol. The molecule has 1 aliphatic carbocycles. The van der Waals surface area contributed by atoms with Crippen LogP contribution in [0.25, 0.3) is 11.0 Å². The zero-order valence-electron chi connectivity index (χ0n) is 37.9. The van der Waals surface area contributed by atoms with E-state index in [2.05, 4.69) is 199 Å². The molecule has 0 N–H and O–H groups in total. The van der Waals surface area contributed by atoms with Crippen LogP contribution in [0.3, 0.4) is 0 Å². The molecule has 0 amide bonds. The van der Waals surface area contributed by atoms with Gasteiger partial charge in [0.25, 0.3) is 6.71 Å². The summed E-state index contributed by atoms with van der Waals surface area (Å²) in [5, 5.41) is 1.24.